The molecule has 2 fully saturated rings. The highest BCUT2D eigenvalue weighted by atomic mass is 16.2. The van der Waals surface area contributed by atoms with Crippen molar-refractivity contribution < 1.29 is 4.79 Å². The second-order valence-corrected chi connectivity index (χ2v) is 6.88. The molecule has 1 aromatic heterocycles. The van der Waals surface area contributed by atoms with Crippen molar-refractivity contribution in [3.8, 4) is 0 Å². The van der Waals surface area contributed by atoms with Gasteiger partial charge in [-0.2, -0.15) is 0 Å². The van der Waals surface area contributed by atoms with Crippen molar-refractivity contribution in [1.29, 1.82) is 0 Å². The fourth-order valence-electron chi connectivity index (χ4n) is 3.46. The first kappa shape index (κ1) is 14.5. The highest BCUT2D eigenvalue weighted by Gasteiger charge is 2.32. The zero-order valence-corrected chi connectivity index (χ0v) is 13.6. The summed E-state index contributed by atoms with van der Waals surface area (Å²) >= 11 is 0. The van der Waals surface area contributed by atoms with E-state index in [1.54, 1.807) is 0 Å². The minimum atomic E-state index is 0.250. The molecule has 1 aromatic carbocycles. The summed E-state index contributed by atoms with van der Waals surface area (Å²) in [5.41, 5.74) is 2.31. The van der Waals surface area contributed by atoms with Gasteiger partial charge < -0.3 is 10.2 Å². The Hall–Kier alpha value is -2.10. The van der Waals surface area contributed by atoms with E-state index in [-0.39, 0.29) is 17.9 Å². The number of anilines is 1. The van der Waals surface area contributed by atoms with Crippen LogP contribution in [-0.2, 0) is 4.79 Å². The number of rotatable bonds is 3. The molecule has 23 heavy (non-hydrogen) atoms. The van der Waals surface area contributed by atoms with Gasteiger partial charge in [0.1, 0.15) is 5.82 Å². The maximum Gasteiger partial charge on any atom is 0.223 e. The maximum absolute atomic E-state index is 12.0. The van der Waals surface area contributed by atoms with E-state index in [0.29, 0.717) is 0 Å². The number of para-hydroxylation sites is 1. The van der Waals surface area contributed by atoms with Crippen molar-refractivity contribution in [2.24, 2.45) is 5.92 Å². The topological polar surface area (TPSA) is 45.2 Å². The molecule has 1 unspecified atom stereocenters. The van der Waals surface area contributed by atoms with E-state index >= 15 is 0 Å². The third-order valence-electron chi connectivity index (χ3n) is 4.95. The zero-order chi connectivity index (χ0) is 15.8. The minimum Gasteiger partial charge on any atom is -0.355 e. The lowest BCUT2D eigenvalue weighted by Gasteiger charge is -2.34. The fraction of sp³-hybridized carbons (Fsp3) is 0.474. The summed E-state index contributed by atoms with van der Waals surface area (Å²) in [4.78, 5) is 19.2. The van der Waals surface area contributed by atoms with Crippen LogP contribution in [-0.4, -0.2) is 30.0 Å². The number of aromatic nitrogens is 1. The number of carbonyl (C=O) groups excluding carboxylic acids is 1. The zero-order valence-electron chi connectivity index (χ0n) is 13.6. The number of pyridine rings is 1. The molecule has 1 atom stereocenters. The summed E-state index contributed by atoms with van der Waals surface area (Å²) in [5.74, 6) is 1.57. The Labute approximate surface area is 136 Å². The molecule has 1 aliphatic heterocycles. The van der Waals surface area contributed by atoms with Crippen molar-refractivity contribution in [3.63, 3.8) is 0 Å². The van der Waals surface area contributed by atoms with Crippen LogP contribution < -0.4 is 10.2 Å². The summed E-state index contributed by atoms with van der Waals surface area (Å²) < 4.78 is 0. The smallest absolute Gasteiger partial charge is 0.223 e. The first-order valence-electron chi connectivity index (χ1n) is 8.62. The number of nitrogens with zero attached hydrogens (tertiary/aromatic N) is 2. The van der Waals surface area contributed by atoms with E-state index in [9.17, 15) is 4.79 Å². The van der Waals surface area contributed by atoms with E-state index in [0.717, 1.165) is 50.1 Å². The number of piperidine rings is 1. The molecule has 2 heterocycles. The largest absolute Gasteiger partial charge is 0.355 e. The molecule has 0 spiro atoms. The van der Waals surface area contributed by atoms with Gasteiger partial charge in [-0.3, -0.25) is 4.79 Å². The van der Waals surface area contributed by atoms with Crippen molar-refractivity contribution in [2.45, 2.75) is 38.6 Å². The lowest BCUT2D eigenvalue weighted by molar-refractivity contribution is -0.123. The first-order valence-corrected chi connectivity index (χ1v) is 8.62. The van der Waals surface area contributed by atoms with Gasteiger partial charge >= 0.3 is 0 Å². The van der Waals surface area contributed by atoms with Gasteiger partial charge in [0.2, 0.25) is 5.91 Å². The number of carbonyl (C=O) groups is 1. The Morgan fingerprint density at radius 3 is 2.91 bits per heavy atom. The van der Waals surface area contributed by atoms with Crippen molar-refractivity contribution in [1.82, 2.24) is 10.3 Å². The summed E-state index contributed by atoms with van der Waals surface area (Å²) in [6.45, 7) is 4.02. The number of hydrogen-bond donors (Lipinski definition) is 1. The molecule has 1 saturated heterocycles. The fourth-order valence-corrected chi connectivity index (χ4v) is 3.46. The molecule has 4 heteroatoms. The van der Waals surface area contributed by atoms with Gasteiger partial charge in [-0.05, 0) is 50.3 Å². The van der Waals surface area contributed by atoms with E-state index < -0.39 is 0 Å². The summed E-state index contributed by atoms with van der Waals surface area (Å²) in [5, 5.41) is 4.44. The lowest BCUT2D eigenvalue weighted by atomic mass is 10.0. The van der Waals surface area contributed by atoms with Crippen molar-refractivity contribution in [3.05, 3.63) is 35.9 Å². The monoisotopic (exact) mass is 309 g/mol. The van der Waals surface area contributed by atoms with E-state index in [1.165, 1.54) is 10.9 Å². The van der Waals surface area contributed by atoms with Crippen LogP contribution in [0, 0.1) is 12.8 Å². The molecule has 1 aliphatic carbocycles. The number of fused-ring (bicyclic) bond motifs is 1. The Balaban J connectivity index is 1.53. The molecule has 1 N–H and O–H groups in total. The molecule has 2 aromatic rings. The third kappa shape index (κ3) is 3.03. The number of benzene rings is 1. The Kier molecular flexibility index (Phi) is 3.68. The van der Waals surface area contributed by atoms with Gasteiger partial charge in [0, 0.05) is 30.4 Å². The van der Waals surface area contributed by atoms with Crippen molar-refractivity contribution >= 4 is 22.6 Å². The van der Waals surface area contributed by atoms with Crippen LogP contribution in [0.1, 0.15) is 31.2 Å². The SMILES string of the molecule is Cc1cc(N2CCCC(NC(=O)C3CC3)C2)nc2ccccc12. The predicted molar refractivity (Wildman–Crippen MR) is 92.6 cm³/mol. The standard InChI is InChI=1S/C19H23N3O/c1-13-11-18(21-17-7-3-2-6-16(13)17)22-10-4-5-15(12-22)20-19(23)14-8-9-14/h2-3,6-7,11,14-15H,4-5,8-10,12H2,1H3,(H,20,23). The molecule has 0 bridgehead atoms. The predicted octanol–water partition coefficient (Wildman–Crippen LogP) is 3.04. The van der Waals surface area contributed by atoms with Crippen LogP contribution in [0.4, 0.5) is 5.82 Å². The van der Waals surface area contributed by atoms with Crippen LogP contribution in [0.3, 0.4) is 0 Å². The number of aryl methyl sites for hydroxylation is 1. The Morgan fingerprint density at radius 1 is 1.26 bits per heavy atom. The average Bonchev–Trinajstić information content (AvgIpc) is 3.40. The number of amides is 1. The van der Waals surface area contributed by atoms with E-state index in [1.807, 2.05) is 6.07 Å². The van der Waals surface area contributed by atoms with Crippen LogP contribution in [0.15, 0.2) is 30.3 Å². The van der Waals surface area contributed by atoms with Crippen LogP contribution in [0.25, 0.3) is 10.9 Å². The van der Waals surface area contributed by atoms with Gasteiger partial charge in [-0.15, -0.1) is 0 Å². The molecule has 1 saturated carbocycles. The molecular weight excluding hydrogens is 286 g/mol. The summed E-state index contributed by atoms with van der Waals surface area (Å²) in [7, 11) is 0. The molecule has 4 nitrogen and oxygen atoms in total. The van der Waals surface area contributed by atoms with Crippen LogP contribution in [0.5, 0.6) is 0 Å². The van der Waals surface area contributed by atoms with E-state index in [2.05, 4.69) is 41.4 Å². The quantitative estimate of drug-likeness (QED) is 0.948. The second-order valence-electron chi connectivity index (χ2n) is 6.88. The molecule has 1 amide bonds. The Morgan fingerprint density at radius 2 is 2.09 bits per heavy atom. The summed E-state index contributed by atoms with van der Waals surface area (Å²) in [6.07, 6.45) is 4.30. The number of hydrogen-bond acceptors (Lipinski definition) is 3. The van der Waals surface area contributed by atoms with Crippen molar-refractivity contribution in [2.75, 3.05) is 18.0 Å². The van der Waals surface area contributed by atoms with E-state index in [4.69, 9.17) is 4.98 Å². The third-order valence-corrected chi connectivity index (χ3v) is 4.95. The highest BCUT2D eigenvalue weighted by Crippen LogP contribution is 2.29. The Bertz CT molecular complexity index is 738. The molecule has 120 valence electrons. The van der Waals surface area contributed by atoms with Gasteiger partial charge in [-0.25, -0.2) is 4.98 Å². The summed E-state index contributed by atoms with van der Waals surface area (Å²) in [6, 6.07) is 10.7. The molecule has 0 radical (unpaired) electrons. The normalized spacial score (nSPS) is 21.4. The van der Waals surface area contributed by atoms with Gasteiger partial charge in [0.25, 0.3) is 0 Å². The second kappa shape index (κ2) is 5.84. The van der Waals surface area contributed by atoms with Crippen LogP contribution in [0.2, 0.25) is 0 Å². The highest BCUT2D eigenvalue weighted by molar-refractivity contribution is 5.84. The van der Waals surface area contributed by atoms with Gasteiger partial charge in [-0.1, -0.05) is 18.2 Å². The molecule has 4 rings (SSSR count). The molecular formula is C19H23N3O. The lowest BCUT2D eigenvalue weighted by Crippen LogP contribution is -2.48. The number of nitrogens with one attached hydrogen (secondary N) is 1. The molecule has 2 aliphatic rings. The first-order chi connectivity index (χ1) is 11.2. The van der Waals surface area contributed by atoms with Gasteiger partial charge in [0.05, 0.1) is 5.52 Å². The van der Waals surface area contributed by atoms with Gasteiger partial charge in [0.15, 0.2) is 0 Å². The maximum atomic E-state index is 12.0. The van der Waals surface area contributed by atoms with Crippen LogP contribution >= 0.6 is 0 Å². The average molecular weight is 309 g/mol. The minimum absolute atomic E-state index is 0.250.